The molecule has 0 bridgehead atoms. The zero-order valence-corrected chi connectivity index (χ0v) is 13.5. The molecule has 0 spiro atoms. The molecule has 1 amide bonds. The smallest absolute Gasteiger partial charge is 0.251 e. The molecule has 3 rings (SSSR count). The first-order chi connectivity index (χ1) is 11.7. The Morgan fingerprint density at radius 3 is 2.83 bits per heavy atom. The summed E-state index contributed by atoms with van der Waals surface area (Å²) in [5, 5.41) is 2.94. The Labute approximate surface area is 140 Å². The van der Waals surface area contributed by atoms with Crippen molar-refractivity contribution in [1.82, 2.24) is 5.32 Å². The quantitative estimate of drug-likeness (QED) is 0.916. The van der Waals surface area contributed by atoms with Crippen molar-refractivity contribution >= 4 is 5.91 Å². The number of methoxy groups -OCH3 is 1. The minimum absolute atomic E-state index is 0.127. The zero-order chi connectivity index (χ0) is 16.9. The van der Waals surface area contributed by atoms with Gasteiger partial charge in [0.15, 0.2) is 11.6 Å². The number of rotatable bonds is 5. The van der Waals surface area contributed by atoms with Gasteiger partial charge in [-0.25, -0.2) is 4.39 Å². The molecule has 2 aromatic rings. The fourth-order valence-electron chi connectivity index (χ4n) is 2.77. The van der Waals surface area contributed by atoms with Gasteiger partial charge in [0.1, 0.15) is 0 Å². The molecule has 0 aromatic heterocycles. The number of hydrogen-bond donors (Lipinski definition) is 1. The first-order valence-electron chi connectivity index (χ1n) is 7.97. The maximum Gasteiger partial charge on any atom is 0.251 e. The van der Waals surface area contributed by atoms with Crippen LogP contribution in [0.5, 0.6) is 5.75 Å². The van der Waals surface area contributed by atoms with E-state index >= 15 is 0 Å². The number of nitrogens with one attached hydrogen (secondary N) is 1. The highest BCUT2D eigenvalue weighted by molar-refractivity contribution is 5.95. The maximum atomic E-state index is 13.9. The monoisotopic (exact) mass is 329 g/mol. The van der Waals surface area contributed by atoms with E-state index in [0.717, 1.165) is 18.6 Å². The number of carbonyl (C=O) groups is 1. The van der Waals surface area contributed by atoms with Crippen LogP contribution in [0.15, 0.2) is 42.5 Å². The molecular weight excluding hydrogens is 309 g/mol. The molecule has 0 radical (unpaired) electrons. The maximum absolute atomic E-state index is 13.9. The van der Waals surface area contributed by atoms with Gasteiger partial charge in [0.05, 0.1) is 13.7 Å². The third-order valence-corrected chi connectivity index (χ3v) is 4.19. The molecule has 24 heavy (non-hydrogen) atoms. The second-order valence-electron chi connectivity index (χ2n) is 5.87. The number of benzene rings is 2. The molecule has 0 saturated carbocycles. The topological polar surface area (TPSA) is 47.6 Å². The lowest BCUT2D eigenvalue weighted by Crippen LogP contribution is -2.29. The molecule has 1 fully saturated rings. The summed E-state index contributed by atoms with van der Waals surface area (Å²) in [5.41, 5.74) is 2.04. The van der Waals surface area contributed by atoms with Gasteiger partial charge >= 0.3 is 0 Å². The van der Waals surface area contributed by atoms with Gasteiger partial charge in [-0.15, -0.1) is 0 Å². The van der Waals surface area contributed by atoms with Crippen molar-refractivity contribution in [3.8, 4) is 16.9 Å². The summed E-state index contributed by atoms with van der Waals surface area (Å²) in [6, 6.07) is 11.9. The molecule has 126 valence electrons. The van der Waals surface area contributed by atoms with Crippen molar-refractivity contribution in [3.05, 3.63) is 53.8 Å². The van der Waals surface area contributed by atoms with Crippen LogP contribution in [0.1, 0.15) is 16.8 Å². The van der Waals surface area contributed by atoms with Crippen molar-refractivity contribution in [2.24, 2.45) is 5.92 Å². The molecule has 4 nitrogen and oxygen atoms in total. The first-order valence-corrected chi connectivity index (χ1v) is 7.97. The van der Waals surface area contributed by atoms with E-state index in [1.165, 1.54) is 13.2 Å². The standard InChI is InChI=1S/C19H20FNO3/c1-23-18-6-5-15(10-17(18)20)14-3-2-4-16(9-14)19(22)21-11-13-7-8-24-12-13/h2-6,9-10,13H,7-8,11-12H2,1H3,(H,21,22)/t13-/m1/s1. The van der Waals surface area contributed by atoms with Crippen molar-refractivity contribution in [3.63, 3.8) is 0 Å². The van der Waals surface area contributed by atoms with E-state index in [0.29, 0.717) is 30.2 Å². The third-order valence-electron chi connectivity index (χ3n) is 4.19. The fourth-order valence-corrected chi connectivity index (χ4v) is 2.77. The van der Waals surface area contributed by atoms with Crippen LogP contribution in [0, 0.1) is 11.7 Å². The van der Waals surface area contributed by atoms with Crippen LogP contribution in [0.4, 0.5) is 4.39 Å². The van der Waals surface area contributed by atoms with Crippen molar-refractivity contribution in [2.75, 3.05) is 26.9 Å². The van der Waals surface area contributed by atoms with Crippen LogP contribution in [-0.4, -0.2) is 32.8 Å². The molecule has 1 atom stereocenters. The van der Waals surface area contributed by atoms with Crippen molar-refractivity contribution in [1.29, 1.82) is 0 Å². The van der Waals surface area contributed by atoms with E-state index in [2.05, 4.69) is 5.32 Å². The highest BCUT2D eigenvalue weighted by Gasteiger charge is 2.17. The predicted octanol–water partition coefficient (Wildman–Crippen LogP) is 3.27. The summed E-state index contributed by atoms with van der Waals surface area (Å²) in [6.07, 6.45) is 0.978. The van der Waals surface area contributed by atoms with Crippen LogP contribution in [0.3, 0.4) is 0 Å². The van der Waals surface area contributed by atoms with E-state index in [1.54, 1.807) is 30.3 Å². The first kappa shape index (κ1) is 16.5. The average molecular weight is 329 g/mol. The number of amides is 1. The lowest BCUT2D eigenvalue weighted by Gasteiger charge is -2.11. The number of ether oxygens (including phenoxy) is 2. The molecule has 0 unspecified atom stereocenters. The Hall–Kier alpha value is -2.40. The normalized spacial score (nSPS) is 16.8. The average Bonchev–Trinajstić information content (AvgIpc) is 3.13. The van der Waals surface area contributed by atoms with Gasteiger partial charge in [-0.05, 0) is 41.8 Å². The van der Waals surface area contributed by atoms with E-state index in [-0.39, 0.29) is 11.7 Å². The third kappa shape index (κ3) is 3.74. The molecule has 1 N–H and O–H groups in total. The molecule has 1 aliphatic rings. The molecule has 0 aliphatic carbocycles. The van der Waals surface area contributed by atoms with Gasteiger partial charge < -0.3 is 14.8 Å². The fraction of sp³-hybridized carbons (Fsp3) is 0.316. The predicted molar refractivity (Wildman–Crippen MR) is 89.6 cm³/mol. The highest BCUT2D eigenvalue weighted by atomic mass is 19.1. The molecule has 1 saturated heterocycles. The van der Waals surface area contributed by atoms with Crippen LogP contribution in [-0.2, 0) is 4.74 Å². The van der Waals surface area contributed by atoms with Crippen LogP contribution in [0.2, 0.25) is 0 Å². The Kier molecular flexibility index (Phi) is 5.11. The summed E-state index contributed by atoms with van der Waals surface area (Å²) < 4.78 is 24.1. The summed E-state index contributed by atoms with van der Waals surface area (Å²) in [6.45, 7) is 2.07. The summed E-state index contributed by atoms with van der Waals surface area (Å²) in [7, 11) is 1.43. The number of carbonyl (C=O) groups excluding carboxylic acids is 1. The Balaban J connectivity index is 1.73. The van der Waals surface area contributed by atoms with Gasteiger partial charge in [0.2, 0.25) is 0 Å². The van der Waals surface area contributed by atoms with E-state index in [4.69, 9.17) is 9.47 Å². The Morgan fingerprint density at radius 2 is 2.12 bits per heavy atom. The van der Waals surface area contributed by atoms with Crippen molar-refractivity contribution in [2.45, 2.75) is 6.42 Å². The Morgan fingerprint density at radius 1 is 1.29 bits per heavy atom. The largest absolute Gasteiger partial charge is 0.494 e. The van der Waals surface area contributed by atoms with Gasteiger partial charge in [-0.3, -0.25) is 4.79 Å². The molecular formula is C19H20FNO3. The van der Waals surface area contributed by atoms with Crippen LogP contribution >= 0.6 is 0 Å². The summed E-state index contributed by atoms with van der Waals surface area (Å²) in [5.74, 6) is 0.0306. The van der Waals surface area contributed by atoms with Crippen LogP contribution in [0.25, 0.3) is 11.1 Å². The Bertz CT molecular complexity index is 726. The zero-order valence-electron chi connectivity index (χ0n) is 13.5. The lowest BCUT2D eigenvalue weighted by atomic mass is 10.0. The second kappa shape index (κ2) is 7.45. The lowest BCUT2D eigenvalue weighted by molar-refractivity contribution is 0.0945. The van der Waals surface area contributed by atoms with E-state index in [1.807, 2.05) is 6.07 Å². The highest BCUT2D eigenvalue weighted by Crippen LogP contribution is 2.26. The number of halogens is 1. The molecule has 1 heterocycles. The van der Waals surface area contributed by atoms with Crippen LogP contribution < -0.4 is 10.1 Å². The van der Waals surface area contributed by atoms with E-state index in [9.17, 15) is 9.18 Å². The van der Waals surface area contributed by atoms with Gasteiger partial charge in [0, 0.05) is 24.6 Å². The molecule has 2 aromatic carbocycles. The van der Waals surface area contributed by atoms with E-state index < -0.39 is 5.82 Å². The summed E-state index contributed by atoms with van der Waals surface area (Å²) >= 11 is 0. The van der Waals surface area contributed by atoms with Gasteiger partial charge in [0.25, 0.3) is 5.91 Å². The van der Waals surface area contributed by atoms with Gasteiger partial charge in [-0.1, -0.05) is 18.2 Å². The van der Waals surface area contributed by atoms with Crippen molar-refractivity contribution < 1.29 is 18.7 Å². The summed E-state index contributed by atoms with van der Waals surface area (Å²) in [4.78, 5) is 12.3. The minimum atomic E-state index is -0.425. The second-order valence-corrected chi connectivity index (χ2v) is 5.87. The number of hydrogen-bond acceptors (Lipinski definition) is 3. The van der Waals surface area contributed by atoms with Gasteiger partial charge in [-0.2, -0.15) is 0 Å². The minimum Gasteiger partial charge on any atom is -0.494 e. The molecule has 1 aliphatic heterocycles. The molecule has 5 heteroatoms. The SMILES string of the molecule is COc1ccc(-c2cccc(C(=O)NC[C@H]3CCOC3)c2)cc1F.